The predicted molar refractivity (Wildman–Crippen MR) is 78.1 cm³/mol. The number of aliphatic hydroxyl groups is 1. The van der Waals surface area contributed by atoms with Gasteiger partial charge in [-0.3, -0.25) is 4.79 Å². The fourth-order valence-corrected chi connectivity index (χ4v) is 4.00. The molecule has 0 bridgehead atoms. The van der Waals surface area contributed by atoms with E-state index < -0.39 is 16.2 Å². The van der Waals surface area contributed by atoms with Crippen molar-refractivity contribution in [2.45, 2.75) is 25.3 Å². The van der Waals surface area contributed by atoms with Gasteiger partial charge in [0, 0.05) is 26.2 Å². The Morgan fingerprint density at radius 2 is 1.86 bits per heavy atom. The average molecular weight is 323 g/mol. The number of aliphatic carboxylic acids is 1. The van der Waals surface area contributed by atoms with E-state index in [2.05, 4.69) is 4.90 Å². The fraction of sp³-hybridized carbons (Fsp3) is 0.917. The van der Waals surface area contributed by atoms with Crippen LogP contribution in [-0.2, 0) is 15.0 Å². The van der Waals surface area contributed by atoms with Crippen molar-refractivity contribution in [3.05, 3.63) is 0 Å². The highest BCUT2D eigenvalue weighted by molar-refractivity contribution is 7.86. The minimum atomic E-state index is -3.75. The summed E-state index contributed by atoms with van der Waals surface area (Å²) >= 11 is 0. The lowest BCUT2D eigenvalue weighted by Gasteiger charge is -2.37. The molecule has 1 fully saturated rings. The summed E-state index contributed by atoms with van der Waals surface area (Å²) in [5, 5.41) is 17.8. The Labute approximate surface area is 126 Å². The number of hydrogen-bond donors (Lipinski definition) is 2. The van der Waals surface area contributed by atoms with E-state index >= 15 is 0 Å². The molecule has 0 amide bonds. The molecule has 0 aromatic carbocycles. The van der Waals surface area contributed by atoms with E-state index in [9.17, 15) is 13.2 Å². The minimum Gasteiger partial charge on any atom is -0.481 e. The normalized spacial score (nSPS) is 18.5. The lowest BCUT2D eigenvalue weighted by Crippen LogP contribution is -2.52. The van der Waals surface area contributed by atoms with Gasteiger partial charge < -0.3 is 15.1 Å². The van der Waals surface area contributed by atoms with Gasteiger partial charge in [-0.15, -0.1) is 0 Å². The summed E-state index contributed by atoms with van der Waals surface area (Å²) < 4.78 is 27.5. The Morgan fingerprint density at radius 1 is 1.29 bits per heavy atom. The Bertz CT molecular complexity index is 434. The molecule has 2 N–H and O–H groups in total. The van der Waals surface area contributed by atoms with Crippen LogP contribution in [0.25, 0.3) is 0 Å². The quantitative estimate of drug-likeness (QED) is 0.596. The van der Waals surface area contributed by atoms with E-state index in [0.29, 0.717) is 12.8 Å². The van der Waals surface area contributed by atoms with Crippen molar-refractivity contribution < 1.29 is 23.4 Å². The summed E-state index contributed by atoms with van der Waals surface area (Å²) in [5.41, 5.74) is 0. The third-order valence-corrected chi connectivity index (χ3v) is 5.79. The third-order valence-electron chi connectivity index (χ3n) is 3.75. The molecule has 0 atom stereocenters. The molecule has 1 heterocycles. The van der Waals surface area contributed by atoms with E-state index in [4.69, 9.17) is 10.2 Å². The van der Waals surface area contributed by atoms with Gasteiger partial charge in [0.1, 0.15) is 0 Å². The van der Waals surface area contributed by atoms with Crippen molar-refractivity contribution in [3.8, 4) is 0 Å². The molecule has 1 saturated heterocycles. The van der Waals surface area contributed by atoms with Crippen LogP contribution in [0.15, 0.2) is 0 Å². The number of piperidine rings is 1. The Morgan fingerprint density at radius 3 is 2.33 bits per heavy atom. The SMILES string of the molecule is CN1CCC(N(CCO)S(=O)(=O)N(C)CCC(=O)O)CC1. The van der Waals surface area contributed by atoms with Gasteiger partial charge in [0.25, 0.3) is 10.2 Å². The Hall–Kier alpha value is -0.740. The summed E-state index contributed by atoms with van der Waals surface area (Å²) in [6.45, 7) is 1.32. The second-order valence-electron chi connectivity index (χ2n) is 5.34. The number of nitrogens with zero attached hydrogens (tertiary/aromatic N) is 3. The largest absolute Gasteiger partial charge is 0.481 e. The summed E-state index contributed by atoms with van der Waals surface area (Å²) in [6.07, 6.45) is 1.18. The van der Waals surface area contributed by atoms with Gasteiger partial charge in [-0.05, 0) is 33.0 Å². The maximum Gasteiger partial charge on any atom is 0.304 e. The van der Waals surface area contributed by atoms with Crippen LogP contribution in [-0.4, -0.2) is 91.0 Å². The van der Waals surface area contributed by atoms with Crippen LogP contribution >= 0.6 is 0 Å². The molecule has 124 valence electrons. The Balaban J connectivity index is 2.79. The molecular formula is C12H25N3O5S. The van der Waals surface area contributed by atoms with E-state index in [1.807, 2.05) is 7.05 Å². The van der Waals surface area contributed by atoms with Gasteiger partial charge in [0.05, 0.1) is 13.0 Å². The highest BCUT2D eigenvalue weighted by Gasteiger charge is 2.34. The molecule has 0 unspecified atom stereocenters. The fourth-order valence-electron chi connectivity index (χ4n) is 2.42. The minimum absolute atomic E-state index is 0.0358. The van der Waals surface area contributed by atoms with Crippen molar-refractivity contribution in [3.63, 3.8) is 0 Å². The molecule has 21 heavy (non-hydrogen) atoms. The molecule has 0 aromatic heterocycles. The maximum absolute atomic E-state index is 12.5. The van der Waals surface area contributed by atoms with Gasteiger partial charge >= 0.3 is 5.97 Å². The summed E-state index contributed by atoms with van der Waals surface area (Å²) in [5.74, 6) is -1.04. The molecule has 0 spiro atoms. The van der Waals surface area contributed by atoms with Crippen molar-refractivity contribution in [2.24, 2.45) is 0 Å². The zero-order valence-electron chi connectivity index (χ0n) is 12.6. The van der Waals surface area contributed by atoms with Crippen LogP contribution < -0.4 is 0 Å². The summed E-state index contributed by atoms with van der Waals surface area (Å²) in [6, 6.07) is -0.148. The van der Waals surface area contributed by atoms with Crippen molar-refractivity contribution >= 4 is 16.2 Å². The van der Waals surface area contributed by atoms with Crippen LogP contribution in [0.4, 0.5) is 0 Å². The van der Waals surface area contributed by atoms with Gasteiger partial charge in [-0.2, -0.15) is 17.0 Å². The van der Waals surface area contributed by atoms with E-state index in [-0.39, 0.29) is 32.2 Å². The standard InChI is InChI=1S/C12H25N3O5S/c1-13-6-3-11(4-7-13)15(9-10-16)21(19,20)14(2)8-5-12(17)18/h11,16H,3-10H2,1-2H3,(H,17,18). The number of likely N-dealkylation sites (tertiary alicyclic amines) is 1. The number of rotatable bonds is 8. The zero-order chi connectivity index (χ0) is 16.0. The molecule has 8 nitrogen and oxygen atoms in total. The maximum atomic E-state index is 12.5. The Kier molecular flexibility index (Phi) is 7.01. The number of carbonyl (C=O) groups is 1. The van der Waals surface area contributed by atoms with Crippen LogP contribution in [0, 0.1) is 0 Å². The first-order chi connectivity index (χ1) is 9.78. The van der Waals surface area contributed by atoms with Crippen LogP contribution in [0.3, 0.4) is 0 Å². The predicted octanol–water partition coefficient (Wildman–Crippen LogP) is -0.974. The van der Waals surface area contributed by atoms with Gasteiger partial charge in [-0.1, -0.05) is 0 Å². The number of hydrogen-bond acceptors (Lipinski definition) is 5. The van der Waals surface area contributed by atoms with E-state index in [1.54, 1.807) is 0 Å². The lowest BCUT2D eigenvalue weighted by molar-refractivity contribution is -0.137. The second-order valence-corrected chi connectivity index (χ2v) is 7.33. The summed E-state index contributed by atoms with van der Waals surface area (Å²) in [7, 11) is -0.392. The first kappa shape index (κ1) is 18.3. The van der Waals surface area contributed by atoms with Crippen molar-refractivity contribution in [2.75, 3.05) is 46.9 Å². The number of carboxylic acid groups (broad SMARTS) is 1. The highest BCUT2D eigenvalue weighted by Crippen LogP contribution is 2.20. The molecular weight excluding hydrogens is 298 g/mol. The second kappa shape index (κ2) is 8.04. The highest BCUT2D eigenvalue weighted by atomic mass is 32.2. The van der Waals surface area contributed by atoms with Crippen LogP contribution in [0.5, 0.6) is 0 Å². The van der Waals surface area contributed by atoms with E-state index in [1.165, 1.54) is 11.4 Å². The van der Waals surface area contributed by atoms with Gasteiger partial charge in [-0.25, -0.2) is 0 Å². The number of aliphatic hydroxyl groups excluding tert-OH is 1. The molecule has 0 aromatic rings. The molecule has 0 radical (unpaired) electrons. The molecule has 9 heteroatoms. The number of carboxylic acids is 1. The summed E-state index contributed by atoms with van der Waals surface area (Å²) in [4.78, 5) is 12.7. The molecule has 0 aliphatic carbocycles. The molecule has 0 saturated carbocycles. The first-order valence-corrected chi connectivity index (χ1v) is 8.43. The van der Waals surface area contributed by atoms with Gasteiger partial charge in [0.15, 0.2) is 0 Å². The first-order valence-electron chi connectivity index (χ1n) is 7.03. The average Bonchev–Trinajstić information content (AvgIpc) is 2.43. The van der Waals surface area contributed by atoms with Crippen LogP contribution in [0.1, 0.15) is 19.3 Å². The zero-order valence-corrected chi connectivity index (χ0v) is 13.4. The third kappa shape index (κ3) is 5.19. The molecule has 1 aliphatic rings. The van der Waals surface area contributed by atoms with Crippen molar-refractivity contribution in [1.82, 2.24) is 13.5 Å². The molecule has 1 rings (SSSR count). The van der Waals surface area contributed by atoms with Gasteiger partial charge in [0.2, 0.25) is 0 Å². The molecule has 1 aliphatic heterocycles. The smallest absolute Gasteiger partial charge is 0.304 e. The van der Waals surface area contributed by atoms with E-state index in [0.717, 1.165) is 17.4 Å². The van der Waals surface area contributed by atoms with Crippen LogP contribution in [0.2, 0.25) is 0 Å². The van der Waals surface area contributed by atoms with Crippen molar-refractivity contribution in [1.29, 1.82) is 0 Å². The monoisotopic (exact) mass is 323 g/mol. The lowest BCUT2D eigenvalue weighted by atomic mass is 10.1. The topological polar surface area (TPSA) is 101 Å².